The van der Waals surface area contributed by atoms with Gasteiger partial charge in [0.15, 0.2) is 0 Å². The van der Waals surface area contributed by atoms with Gasteiger partial charge in [-0.25, -0.2) is 4.79 Å². The molecular formula is C18H21N3O4. The molecule has 7 nitrogen and oxygen atoms in total. The van der Waals surface area contributed by atoms with Gasteiger partial charge >= 0.3 is 12.0 Å². The molecule has 3 aliphatic heterocycles. The Hall–Kier alpha value is -2.57. The van der Waals surface area contributed by atoms with Crippen LogP contribution in [0.1, 0.15) is 17.5 Å². The lowest BCUT2D eigenvalue weighted by atomic mass is 10.00. The van der Waals surface area contributed by atoms with Crippen LogP contribution >= 0.6 is 0 Å². The zero-order valence-corrected chi connectivity index (χ0v) is 13.9. The summed E-state index contributed by atoms with van der Waals surface area (Å²) in [6.07, 6.45) is 0.937. The van der Waals surface area contributed by atoms with E-state index in [1.165, 1.54) is 11.1 Å². The number of fused-ring (bicyclic) bond motifs is 1. The molecule has 0 bridgehead atoms. The van der Waals surface area contributed by atoms with Crippen molar-refractivity contribution in [2.45, 2.75) is 25.4 Å². The molecule has 1 unspecified atom stereocenters. The second kappa shape index (κ2) is 6.06. The van der Waals surface area contributed by atoms with Crippen molar-refractivity contribution in [2.75, 3.05) is 26.2 Å². The van der Waals surface area contributed by atoms with Crippen molar-refractivity contribution in [3.05, 3.63) is 35.4 Å². The first-order chi connectivity index (χ1) is 12.0. The maximum Gasteiger partial charge on any atom is 0.320 e. The molecule has 0 spiro atoms. The molecule has 25 heavy (non-hydrogen) atoms. The van der Waals surface area contributed by atoms with Gasteiger partial charge in [-0.05, 0) is 17.5 Å². The molecule has 1 aromatic rings. The molecule has 3 aliphatic rings. The maximum absolute atomic E-state index is 12.7. The van der Waals surface area contributed by atoms with Gasteiger partial charge in [-0.15, -0.1) is 0 Å². The average Bonchev–Trinajstić information content (AvgIpc) is 2.95. The van der Waals surface area contributed by atoms with E-state index < -0.39 is 11.9 Å². The Morgan fingerprint density at radius 1 is 1.04 bits per heavy atom. The third kappa shape index (κ3) is 2.83. The van der Waals surface area contributed by atoms with Gasteiger partial charge in [0, 0.05) is 39.1 Å². The molecule has 132 valence electrons. The molecule has 0 radical (unpaired) electrons. The van der Waals surface area contributed by atoms with E-state index in [4.69, 9.17) is 5.11 Å². The van der Waals surface area contributed by atoms with Crippen molar-refractivity contribution in [3.8, 4) is 0 Å². The summed E-state index contributed by atoms with van der Waals surface area (Å²) in [5, 5.41) is 9.06. The SMILES string of the molecule is O=C(O)C1CC(=O)N(C2CN(C(=O)N3CCc4ccccc4C3)C2)C1. The van der Waals surface area contributed by atoms with E-state index in [-0.39, 0.29) is 30.9 Å². The van der Waals surface area contributed by atoms with E-state index in [2.05, 4.69) is 12.1 Å². The summed E-state index contributed by atoms with van der Waals surface area (Å²) >= 11 is 0. The van der Waals surface area contributed by atoms with Crippen LogP contribution in [0.25, 0.3) is 0 Å². The highest BCUT2D eigenvalue weighted by atomic mass is 16.4. The molecular weight excluding hydrogens is 322 g/mol. The Morgan fingerprint density at radius 3 is 2.44 bits per heavy atom. The minimum atomic E-state index is -0.921. The predicted molar refractivity (Wildman–Crippen MR) is 88.8 cm³/mol. The predicted octanol–water partition coefficient (Wildman–Crippen LogP) is 0.782. The Bertz CT molecular complexity index is 729. The smallest absolute Gasteiger partial charge is 0.320 e. The van der Waals surface area contributed by atoms with Gasteiger partial charge in [-0.1, -0.05) is 24.3 Å². The van der Waals surface area contributed by atoms with Crippen LogP contribution in [0.15, 0.2) is 24.3 Å². The molecule has 1 aromatic carbocycles. The van der Waals surface area contributed by atoms with Crippen LogP contribution in [-0.4, -0.2) is 69.9 Å². The van der Waals surface area contributed by atoms with E-state index in [0.717, 1.165) is 6.42 Å². The fourth-order valence-electron chi connectivity index (χ4n) is 3.92. The zero-order chi connectivity index (χ0) is 17.6. The fourth-order valence-corrected chi connectivity index (χ4v) is 3.92. The monoisotopic (exact) mass is 343 g/mol. The minimum absolute atomic E-state index is 0.00665. The van der Waals surface area contributed by atoms with Crippen molar-refractivity contribution in [3.63, 3.8) is 0 Å². The second-order valence-corrected chi connectivity index (χ2v) is 7.07. The van der Waals surface area contributed by atoms with Crippen LogP contribution < -0.4 is 0 Å². The zero-order valence-electron chi connectivity index (χ0n) is 13.9. The first-order valence-corrected chi connectivity index (χ1v) is 8.66. The number of carboxylic acids is 1. The number of rotatable bonds is 2. The normalized spacial score (nSPS) is 23.4. The van der Waals surface area contributed by atoms with Crippen molar-refractivity contribution in [1.29, 1.82) is 0 Å². The lowest BCUT2D eigenvalue weighted by molar-refractivity contribution is -0.141. The van der Waals surface area contributed by atoms with E-state index in [1.54, 1.807) is 9.80 Å². The molecule has 2 fully saturated rings. The van der Waals surface area contributed by atoms with E-state index in [1.807, 2.05) is 17.0 Å². The van der Waals surface area contributed by atoms with Gasteiger partial charge in [0.05, 0.1) is 12.0 Å². The number of hydrogen-bond donors (Lipinski definition) is 1. The number of likely N-dealkylation sites (tertiary alicyclic amines) is 2. The summed E-state index contributed by atoms with van der Waals surface area (Å²) in [4.78, 5) is 40.9. The lowest BCUT2D eigenvalue weighted by Gasteiger charge is -2.46. The molecule has 0 aliphatic carbocycles. The van der Waals surface area contributed by atoms with Crippen LogP contribution in [0, 0.1) is 5.92 Å². The number of amides is 3. The molecule has 3 amide bonds. The molecule has 7 heteroatoms. The molecule has 1 N–H and O–H groups in total. The van der Waals surface area contributed by atoms with Crippen LogP contribution in [0.4, 0.5) is 4.79 Å². The molecule has 0 saturated carbocycles. The van der Waals surface area contributed by atoms with Crippen LogP contribution in [0.5, 0.6) is 0 Å². The molecule has 4 rings (SSSR count). The van der Waals surface area contributed by atoms with Gasteiger partial charge in [-0.2, -0.15) is 0 Å². The summed E-state index contributed by atoms with van der Waals surface area (Å²) in [6.45, 7) is 2.59. The first kappa shape index (κ1) is 15.9. The standard InChI is InChI=1S/C18H21N3O4/c22-16-7-14(17(23)24)9-21(16)15-10-20(11-15)18(25)19-6-5-12-3-1-2-4-13(12)8-19/h1-4,14-15H,5-11H2,(H,23,24). The highest BCUT2D eigenvalue weighted by molar-refractivity contribution is 5.86. The van der Waals surface area contributed by atoms with Gasteiger partial charge in [-0.3, -0.25) is 9.59 Å². The number of aliphatic carboxylic acids is 1. The van der Waals surface area contributed by atoms with Gasteiger partial charge in [0.25, 0.3) is 0 Å². The number of hydrogen-bond acceptors (Lipinski definition) is 3. The fraction of sp³-hybridized carbons (Fsp3) is 0.500. The number of carbonyl (C=O) groups excluding carboxylic acids is 2. The van der Waals surface area contributed by atoms with Crippen LogP contribution in [0.2, 0.25) is 0 Å². The maximum atomic E-state index is 12.7. The van der Waals surface area contributed by atoms with Crippen LogP contribution in [0.3, 0.4) is 0 Å². The van der Waals surface area contributed by atoms with Crippen molar-refractivity contribution in [1.82, 2.24) is 14.7 Å². The Kier molecular flexibility index (Phi) is 3.86. The number of carboxylic acid groups (broad SMARTS) is 1. The van der Waals surface area contributed by atoms with E-state index >= 15 is 0 Å². The first-order valence-electron chi connectivity index (χ1n) is 8.66. The highest BCUT2D eigenvalue weighted by Gasteiger charge is 2.44. The lowest BCUT2D eigenvalue weighted by Crippen LogP contribution is -2.63. The van der Waals surface area contributed by atoms with E-state index in [9.17, 15) is 14.4 Å². The number of urea groups is 1. The Labute approximate surface area is 145 Å². The quantitative estimate of drug-likeness (QED) is 0.860. The number of nitrogens with zero attached hydrogens (tertiary/aromatic N) is 3. The Morgan fingerprint density at radius 2 is 1.76 bits per heavy atom. The summed E-state index contributed by atoms with van der Waals surface area (Å²) in [6, 6.07) is 8.14. The second-order valence-electron chi connectivity index (χ2n) is 7.07. The number of carbonyl (C=O) groups is 3. The van der Waals surface area contributed by atoms with Crippen molar-refractivity contribution < 1.29 is 19.5 Å². The van der Waals surface area contributed by atoms with Crippen LogP contribution in [-0.2, 0) is 22.6 Å². The topological polar surface area (TPSA) is 81.2 Å². The summed E-state index contributed by atoms with van der Waals surface area (Å²) in [5.41, 5.74) is 2.49. The molecule has 2 saturated heterocycles. The molecule has 0 aromatic heterocycles. The average molecular weight is 343 g/mol. The molecule has 3 heterocycles. The summed E-state index contributed by atoms with van der Waals surface area (Å²) in [5.74, 6) is -1.65. The third-order valence-electron chi connectivity index (χ3n) is 5.48. The van der Waals surface area contributed by atoms with Crippen molar-refractivity contribution in [2.24, 2.45) is 5.92 Å². The minimum Gasteiger partial charge on any atom is -0.481 e. The summed E-state index contributed by atoms with van der Waals surface area (Å²) < 4.78 is 0. The Balaban J connectivity index is 1.33. The van der Waals surface area contributed by atoms with Gasteiger partial charge in [0.2, 0.25) is 5.91 Å². The largest absolute Gasteiger partial charge is 0.481 e. The third-order valence-corrected chi connectivity index (χ3v) is 5.48. The summed E-state index contributed by atoms with van der Waals surface area (Å²) in [7, 11) is 0. The number of benzene rings is 1. The van der Waals surface area contributed by atoms with E-state index in [0.29, 0.717) is 26.2 Å². The van der Waals surface area contributed by atoms with Gasteiger partial charge < -0.3 is 19.8 Å². The van der Waals surface area contributed by atoms with Crippen molar-refractivity contribution >= 4 is 17.9 Å². The van der Waals surface area contributed by atoms with Gasteiger partial charge in [0.1, 0.15) is 0 Å². The molecule has 1 atom stereocenters. The highest BCUT2D eigenvalue weighted by Crippen LogP contribution is 2.27.